The summed E-state index contributed by atoms with van der Waals surface area (Å²) >= 11 is 0. The molecular weight excluding hydrogens is 202 g/mol. The molecule has 6 nitrogen and oxygen atoms in total. The maximum Gasteiger partial charge on any atom is 0.423 e. The third-order valence-corrected chi connectivity index (χ3v) is 1.81. The fourth-order valence-corrected chi connectivity index (χ4v) is 1.17. The van der Waals surface area contributed by atoms with Gasteiger partial charge in [0.1, 0.15) is 0 Å². The summed E-state index contributed by atoms with van der Waals surface area (Å²) in [7, 11) is 0. The van der Waals surface area contributed by atoms with Crippen molar-refractivity contribution < 1.29 is 13.6 Å². The molecule has 2 rings (SSSR count). The van der Waals surface area contributed by atoms with Crippen molar-refractivity contribution >= 4 is 17.1 Å². The molecule has 0 aliphatic heterocycles. The standard InChI is InChI=1S/C9H5NO5/c10-7(11)4-2-1-3-5-6(4)15-9(13)8(12)14-5/h1-3H,(H2,10,11). The van der Waals surface area contributed by atoms with Crippen molar-refractivity contribution in [1.29, 1.82) is 0 Å². The molecular formula is C9H5NO5. The molecule has 1 amide bonds. The molecule has 0 saturated heterocycles. The largest absolute Gasteiger partial charge is 0.423 e. The first-order chi connectivity index (χ1) is 7.09. The van der Waals surface area contributed by atoms with Gasteiger partial charge in [-0.2, -0.15) is 0 Å². The first kappa shape index (κ1) is 9.20. The van der Waals surface area contributed by atoms with Crippen molar-refractivity contribution in [2.24, 2.45) is 5.73 Å². The van der Waals surface area contributed by atoms with Gasteiger partial charge >= 0.3 is 11.3 Å². The van der Waals surface area contributed by atoms with Crippen LogP contribution in [0.2, 0.25) is 0 Å². The van der Waals surface area contributed by atoms with Gasteiger partial charge in [0, 0.05) is 0 Å². The predicted molar refractivity (Wildman–Crippen MR) is 49.5 cm³/mol. The van der Waals surface area contributed by atoms with Crippen LogP contribution in [-0.4, -0.2) is 5.91 Å². The molecule has 1 aromatic carbocycles. The number of amides is 1. The Labute approximate surface area is 81.9 Å². The number of benzene rings is 1. The normalized spacial score (nSPS) is 10.4. The van der Waals surface area contributed by atoms with Crippen LogP contribution in [0.5, 0.6) is 0 Å². The van der Waals surface area contributed by atoms with Crippen molar-refractivity contribution in [3.8, 4) is 0 Å². The maximum atomic E-state index is 11.0. The molecule has 0 atom stereocenters. The molecule has 76 valence electrons. The maximum absolute atomic E-state index is 11.0. The fraction of sp³-hybridized carbons (Fsp3) is 0. The number of carbonyl (C=O) groups is 1. The van der Waals surface area contributed by atoms with Crippen molar-refractivity contribution in [3.63, 3.8) is 0 Å². The lowest BCUT2D eigenvalue weighted by molar-refractivity contribution is 0.100. The molecule has 6 heteroatoms. The molecule has 1 aromatic heterocycles. The van der Waals surface area contributed by atoms with Crippen LogP contribution < -0.4 is 17.0 Å². The second-order valence-electron chi connectivity index (χ2n) is 2.78. The van der Waals surface area contributed by atoms with E-state index in [1.54, 1.807) is 0 Å². The molecule has 2 aromatic rings. The first-order valence-electron chi connectivity index (χ1n) is 3.96. The zero-order chi connectivity index (χ0) is 11.0. The number of hydrogen-bond acceptors (Lipinski definition) is 5. The van der Waals surface area contributed by atoms with Crippen molar-refractivity contribution in [1.82, 2.24) is 0 Å². The summed E-state index contributed by atoms with van der Waals surface area (Å²) in [5, 5.41) is 0. The Balaban J connectivity index is 2.98. The van der Waals surface area contributed by atoms with Gasteiger partial charge in [-0.1, -0.05) is 6.07 Å². The minimum Gasteiger partial charge on any atom is -0.414 e. The van der Waals surface area contributed by atoms with Crippen molar-refractivity contribution in [2.75, 3.05) is 0 Å². The van der Waals surface area contributed by atoms with Crippen molar-refractivity contribution in [3.05, 3.63) is 44.6 Å². The molecule has 0 fully saturated rings. The molecule has 0 spiro atoms. The molecule has 0 radical (unpaired) electrons. The lowest BCUT2D eigenvalue weighted by atomic mass is 10.2. The minimum absolute atomic E-state index is 0.00616. The van der Waals surface area contributed by atoms with E-state index in [0.29, 0.717) is 0 Å². The smallest absolute Gasteiger partial charge is 0.414 e. The number of nitrogens with two attached hydrogens (primary N) is 1. The Hall–Kier alpha value is -2.37. The SMILES string of the molecule is NC(=O)c1cccc2oc(=O)c(=O)oc12. The highest BCUT2D eigenvalue weighted by atomic mass is 16.5. The highest BCUT2D eigenvalue weighted by Crippen LogP contribution is 2.14. The van der Waals surface area contributed by atoms with E-state index in [0.717, 1.165) is 0 Å². The lowest BCUT2D eigenvalue weighted by Gasteiger charge is -1.98. The summed E-state index contributed by atoms with van der Waals surface area (Å²) in [6, 6.07) is 4.23. The van der Waals surface area contributed by atoms with Crippen LogP contribution in [0.4, 0.5) is 0 Å². The zero-order valence-electron chi connectivity index (χ0n) is 7.35. The predicted octanol–water partition coefficient (Wildman–Crippen LogP) is -0.155. The molecule has 2 N–H and O–H groups in total. The van der Waals surface area contributed by atoms with Gasteiger partial charge in [-0.15, -0.1) is 0 Å². The van der Waals surface area contributed by atoms with Crippen LogP contribution in [0.3, 0.4) is 0 Å². The summed E-state index contributed by atoms with van der Waals surface area (Å²) < 4.78 is 9.24. The van der Waals surface area contributed by atoms with E-state index in [9.17, 15) is 14.4 Å². The zero-order valence-corrected chi connectivity index (χ0v) is 7.35. The van der Waals surface area contributed by atoms with E-state index in [4.69, 9.17) is 5.73 Å². The first-order valence-corrected chi connectivity index (χ1v) is 3.96. The molecule has 0 bridgehead atoms. The Kier molecular flexibility index (Phi) is 1.89. The van der Waals surface area contributed by atoms with E-state index >= 15 is 0 Å². The van der Waals surface area contributed by atoms with E-state index < -0.39 is 17.2 Å². The minimum atomic E-state index is -1.17. The highest BCUT2D eigenvalue weighted by Gasteiger charge is 2.12. The van der Waals surface area contributed by atoms with Crippen LogP contribution in [0.25, 0.3) is 11.2 Å². The van der Waals surface area contributed by atoms with Gasteiger partial charge in [-0.3, -0.25) is 4.79 Å². The summed E-state index contributed by atoms with van der Waals surface area (Å²) in [6.45, 7) is 0. The van der Waals surface area contributed by atoms with Gasteiger partial charge in [-0.25, -0.2) is 9.59 Å². The third kappa shape index (κ3) is 1.41. The van der Waals surface area contributed by atoms with Crippen LogP contribution in [0.15, 0.2) is 36.6 Å². The highest BCUT2D eigenvalue weighted by molar-refractivity contribution is 6.02. The second kappa shape index (κ2) is 3.09. The van der Waals surface area contributed by atoms with E-state index in [2.05, 4.69) is 8.83 Å². The topological polar surface area (TPSA) is 104 Å². The van der Waals surface area contributed by atoms with Gasteiger partial charge < -0.3 is 14.6 Å². The summed E-state index contributed by atoms with van der Waals surface area (Å²) in [5.74, 6) is -0.766. The Morgan fingerprint density at radius 1 is 1.13 bits per heavy atom. The van der Waals surface area contributed by atoms with E-state index in [-0.39, 0.29) is 16.7 Å². The van der Waals surface area contributed by atoms with E-state index in [1.807, 2.05) is 0 Å². The number of primary amides is 1. The summed E-state index contributed by atoms with van der Waals surface area (Å²) in [4.78, 5) is 32.7. The van der Waals surface area contributed by atoms with E-state index in [1.165, 1.54) is 18.2 Å². The number of carbonyl (C=O) groups excluding carboxylic acids is 1. The second-order valence-corrected chi connectivity index (χ2v) is 2.78. The Morgan fingerprint density at radius 2 is 1.80 bits per heavy atom. The fourth-order valence-electron chi connectivity index (χ4n) is 1.17. The van der Waals surface area contributed by atoms with Crippen molar-refractivity contribution in [2.45, 2.75) is 0 Å². The lowest BCUT2D eigenvalue weighted by Crippen LogP contribution is -2.22. The quantitative estimate of drug-likeness (QED) is 0.654. The molecule has 1 heterocycles. The molecule has 0 aliphatic carbocycles. The molecule has 0 aliphatic rings. The third-order valence-electron chi connectivity index (χ3n) is 1.81. The summed E-state index contributed by atoms with van der Waals surface area (Å²) in [5.41, 5.74) is 2.64. The van der Waals surface area contributed by atoms with Crippen LogP contribution in [-0.2, 0) is 0 Å². The molecule has 15 heavy (non-hydrogen) atoms. The van der Waals surface area contributed by atoms with Gasteiger partial charge in [-0.05, 0) is 12.1 Å². The number of hydrogen-bond donors (Lipinski definition) is 1. The van der Waals surface area contributed by atoms with Gasteiger partial charge in [0.05, 0.1) is 5.56 Å². The number of para-hydroxylation sites is 1. The Morgan fingerprint density at radius 3 is 2.47 bits per heavy atom. The van der Waals surface area contributed by atoms with Gasteiger partial charge in [0.25, 0.3) is 5.91 Å². The van der Waals surface area contributed by atoms with Gasteiger partial charge in [0.15, 0.2) is 11.2 Å². The molecule has 0 saturated carbocycles. The van der Waals surface area contributed by atoms with Crippen LogP contribution in [0.1, 0.15) is 10.4 Å². The van der Waals surface area contributed by atoms with Crippen LogP contribution in [0, 0.1) is 0 Å². The Bertz CT molecular complexity index is 651. The average Bonchev–Trinajstić information content (AvgIpc) is 2.18. The summed E-state index contributed by atoms with van der Waals surface area (Å²) in [6.07, 6.45) is 0. The average molecular weight is 207 g/mol. The van der Waals surface area contributed by atoms with Gasteiger partial charge in [0.2, 0.25) is 0 Å². The number of fused-ring (bicyclic) bond motifs is 1. The monoisotopic (exact) mass is 207 g/mol. The van der Waals surface area contributed by atoms with Crippen LogP contribution >= 0.6 is 0 Å². The molecule has 0 unspecified atom stereocenters. The number of rotatable bonds is 1.